The summed E-state index contributed by atoms with van der Waals surface area (Å²) >= 11 is 0. The van der Waals surface area contributed by atoms with Gasteiger partial charge in [0.05, 0.1) is 28.7 Å². The van der Waals surface area contributed by atoms with Crippen LogP contribution in [-0.2, 0) is 6.42 Å². The van der Waals surface area contributed by atoms with Crippen molar-refractivity contribution in [3.05, 3.63) is 60.6 Å². The molecule has 0 aliphatic heterocycles. The van der Waals surface area contributed by atoms with E-state index in [2.05, 4.69) is 35.3 Å². The van der Waals surface area contributed by atoms with Gasteiger partial charge in [-0.2, -0.15) is 0 Å². The number of anilines is 1. The maximum atomic E-state index is 5.84. The van der Waals surface area contributed by atoms with Gasteiger partial charge in [0.2, 0.25) is 0 Å². The molecule has 3 aromatic heterocycles. The SMILES string of the molecule is CCc1nc(N)ccc1-c1cccc2ccc(-c3cnoc3)nc12. The summed E-state index contributed by atoms with van der Waals surface area (Å²) in [5.41, 5.74) is 11.5. The molecule has 2 N–H and O–H groups in total. The van der Waals surface area contributed by atoms with Crippen molar-refractivity contribution >= 4 is 16.7 Å². The van der Waals surface area contributed by atoms with Crippen LogP contribution in [0.15, 0.2) is 59.4 Å². The molecule has 0 saturated heterocycles. The standard InChI is InChI=1S/C19H16N4O/c1-2-16-14(7-9-18(20)22-16)15-5-3-4-12-6-8-17(23-19(12)15)13-10-21-24-11-13/h3-11H,2H2,1H3,(H2,20,22). The number of pyridine rings is 2. The van der Waals surface area contributed by atoms with Crippen LogP contribution < -0.4 is 5.73 Å². The lowest BCUT2D eigenvalue weighted by atomic mass is 9.99. The van der Waals surface area contributed by atoms with E-state index in [0.29, 0.717) is 5.82 Å². The number of fused-ring (bicyclic) bond motifs is 1. The number of rotatable bonds is 3. The lowest BCUT2D eigenvalue weighted by Gasteiger charge is -2.11. The second-order valence-corrected chi connectivity index (χ2v) is 5.57. The molecule has 0 fully saturated rings. The molecule has 0 bridgehead atoms. The summed E-state index contributed by atoms with van der Waals surface area (Å²) in [6.45, 7) is 2.08. The predicted molar refractivity (Wildman–Crippen MR) is 94.3 cm³/mol. The fourth-order valence-corrected chi connectivity index (χ4v) is 2.89. The Morgan fingerprint density at radius 2 is 1.92 bits per heavy atom. The highest BCUT2D eigenvalue weighted by Gasteiger charge is 2.12. The molecule has 0 aliphatic rings. The number of aromatic nitrogens is 3. The molecule has 0 saturated carbocycles. The third-order valence-electron chi connectivity index (χ3n) is 4.07. The maximum absolute atomic E-state index is 5.84. The normalized spacial score (nSPS) is 11.0. The number of nitrogen functional groups attached to an aromatic ring is 1. The predicted octanol–water partition coefficient (Wildman–Crippen LogP) is 4.10. The van der Waals surface area contributed by atoms with Crippen LogP contribution in [0.4, 0.5) is 5.82 Å². The molecule has 0 spiro atoms. The average Bonchev–Trinajstić information content (AvgIpc) is 3.15. The lowest BCUT2D eigenvalue weighted by molar-refractivity contribution is 0.420. The molecule has 0 atom stereocenters. The van der Waals surface area contributed by atoms with Gasteiger partial charge in [-0.3, -0.25) is 0 Å². The number of benzene rings is 1. The molecule has 0 aliphatic carbocycles. The molecule has 0 unspecified atom stereocenters. The summed E-state index contributed by atoms with van der Waals surface area (Å²) < 4.78 is 4.93. The van der Waals surface area contributed by atoms with E-state index in [-0.39, 0.29) is 0 Å². The molecule has 1 aromatic carbocycles. The van der Waals surface area contributed by atoms with Crippen molar-refractivity contribution in [1.29, 1.82) is 0 Å². The van der Waals surface area contributed by atoms with Crippen LogP contribution in [0.5, 0.6) is 0 Å². The van der Waals surface area contributed by atoms with E-state index in [1.807, 2.05) is 24.3 Å². The second kappa shape index (κ2) is 5.77. The Hall–Kier alpha value is -3.21. The molecule has 4 aromatic rings. The van der Waals surface area contributed by atoms with E-state index in [4.69, 9.17) is 15.2 Å². The van der Waals surface area contributed by atoms with Gasteiger partial charge >= 0.3 is 0 Å². The van der Waals surface area contributed by atoms with Crippen molar-refractivity contribution in [2.24, 2.45) is 0 Å². The molecular formula is C19H16N4O. The minimum atomic E-state index is 0.536. The number of aryl methyl sites for hydroxylation is 1. The molecule has 5 nitrogen and oxygen atoms in total. The average molecular weight is 316 g/mol. The summed E-state index contributed by atoms with van der Waals surface area (Å²) in [6, 6.07) is 14.0. The minimum absolute atomic E-state index is 0.536. The van der Waals surface area contributed by atoms with E-state index < -0.39 is 0 Å². The topological polar surface area (TPSA) is 77.8 Å². The van der Waals surface area contributed by atoms with E-state index in [0.717, 1.165) is 45.4 Å². The molecule has 5 heteroatoms. The van der Waals surface area contributed by atoms with Crippen LogP contribution >= 0.6 is 0 Å². The quantitative estimate of drug-likeness (QED) is 0.615. The second-order valence-electron chi connectivity index (χ2n) is 5.57. The van der Waals surface area contributed by atoms with Crippen LogP contribution in [0.3, 0.4) is 0 Å². The van der Waals surface area contributed by atoms with Gasteiger partial charge in [-0.1, -0.05) is 36.3 Å². The van der Waals surface area contributed by atoms with Crippen LogP contribution in [0.1, 0.15) is 12.6 Å². The minimum Gasteiger partial charge on any atom is -0.384 e. The van der Waals surface area contributed by atoms with Gasteiger partial charge in [-0.05, 0) is 24.6 Å². The largest absolute Gasteiger partial charge is 0.384 e. The van der Waals surface area contributed by atoms with Gasteiger partial charge in [-0.15, -0.1) is 0 Å². The molecule has 24 heavy (non-hydrogen) atoms. The fraction of sp³-hybridized carbons (Fsp3) is 0.105. The number of nitrogens with two attached hydrogens (primary N) is 1. The zero-order chi connectivity index (χ0) is 16.5. The molecule has 0 amide bonds. The van der Waals surface area contributed by atoms with Gasteiger partial charge in [0.1, 0.15) is 12.1 Å². The first-order chi connectivity index (χ1) is 11.8. The van der Waals surface area contributed by atoms with Crippen LogP contribution in [-0.4, -0.2) is 15.1 Å². The fourth-order valence-electron chi connectivity index (χ4n) is 2.89. The van der Waals surface area contributed by atoms with Crippen LogP contribution in [0.25, 0.3) is 33.3 Å². The van der Waals surface area contributed by atoms with Crippen LogP contribution in [0.2, 0.25) is 0 Å². The highest BCUT2D eigenvalue weighted by molar-refractivity contribution is 5.95. The Labute approximate surface area is 139 Å². The number of hydrogen-bond donors (Lipinski definition) is 1. The van der Waals surface area contributed by atoms with E-state index >= 15 is 0 Å². The van der Waals surface area contributed by atoms with Gasteiger partial charge in [0.25, 0.3) is 0 Å². The van der Waals surface area contributed by atoms with Crippen molar-refractivity contribution in [2.45, 2.75) is 13.3 Å². The highest BCUT2D eigenvalue weighted by atomic mass is 16.5. The van der Waals surface area contributed by atoms with E-state index in [1.165, 1.54) is 0 Å². The smallest absolute Gasteiger partial charge is 0.133 e. The van der Waals surface area contributed by atoms with Crippen molar-refractivity contribution < 1.29 is 4.52 Å². The first-order valence-electron chi connectivity index (χ1n) is 7.81. The first-order valence-corrected chi connectivity index (χ1v) is 7.81. The third kappa shape index (κ3) is 2.40. The highest BCUT2D eigenvalue weighted by Crippen LogP contribution is 2.31. The Morgan fingerprint density at radius 3 is 2.71 bits per heavy atom. The van der Waals surface area contributed by atoms with Gasteiger partial charge in [-0.25, -0.2) is 9.97 Å². The molecular weight excluding hydrogens is 300 g/mol. The Balaban J connectivity index is 1.97. The summed E-state index contributed by atoms with van der Waals surface area (Å²) in [4.78, 5) is 9.30. The monoisotopic (exact) mass is 316 g/mol. The van der Waals surface area contributed by atoms with Gasteiger partial charge < -0.3 is 10.3 Å². The molecule has 118 valence electrons. The summed E-state index contributed by atoms with van der Waals surface area (Å²) in [5, 5.41) is 4.83. The van der Waals surface area contributed by atoms with Crippen molar-refractivity contribution in [2.75, 3.05) is 5.73 Å². The van der Waals surface area contributed by atoms with Gasteiger partial charge in [0.15, 0.2) is 0 Å². The summed E-state index contributed by atoms with van der Waals surface area (Å²) in [6.07, 6.45) is 4.07. The third-order valence-corrected chi connectivity index (χ3v) is 4.07. The number of para-hydroxylation sites is 1. The Bertz CT molecular complexity index is 1010. The van der Waals surface area contributed by atoms with Crippen LogP contribution in [0, 0.1) is 0 Å². The van der Waals surface area contributed by atoms with E-state index in [1.54, 1.807) is 12.5 Å². The zero-order valence-electron chi connectivity index (χ0n) is 13.2. The van der Waals surface area contributed by atoms with Crippen molar-refractivity contribution in [3.8, 4) is 22.4 Å². The molecule has 4 rings (SSSR count). The Morgan fingerprint density at radius 1 is 1.00 bits per heavy atom. The first kappa shape index (κ1) is 14.4. The Kier molecular flexibility index (Phi) is 3.46. The maximum Gasteiger partial charge on any atom is 0.133 e. The van der Waals surface area contributed by atoms with Crippen molar-refractivity contribution in [1.82, 2.24) is 15.1 Å². The summed E-state index contributed by atoms with van der Waals surface area (Å²) in [7, 11) is 0. The number of nitrogens with zero attached hydrogens (tertiary/aromatic N) is 3. The summed E-state index contributed by atoms with van der Waals surface area (Å²) in [5.74, 6) is 0.536. The number of hydrogen-bond acceptors (Lipinski definition) is 5. The lowest BCUT2D eigenvalue weighted by Crippen LogP contribution is -1.98. The van der Waals surface area contributed by atoms with E-state index in [9.17, 15) is 0 Å². The molecule has 0 radical (unpaired) electrons. The molecule has 3 heterocycles. The van der Waals surface area contributed by atoms with Gasteiger partial charge in [0, 0.05) is 16.5 Å². The zero-order valence-corrected chi connectivity index (χ0v) is 13.2. The van der Waals surface area contributed by atoms with Crippen molar-refractivity contribution in [3.63, 3.8) is 0 Å².